The Balaban J connectivity index is 2.52. The van der Waals surface area contributed by atoms with E-state index in [0.29, 0.717) is 6.04 Å². The summed E-state index contributed by atoms with van der Waals surface area (Å²) in [6.45, 7) is 8.25. The molecule has 1 atom stereocenters. The molecule has 1 aromatic rings. The molecule has 0 spiro atoms. The van der Waals surface area contributed by atoms with E-state index in [9.17, 15) is 0 Å². The Morgan fingerprint density at radius 2 is 1.82 bits per heavy atom. The van der Waals surface area contributed by atoms with Crippen molar-refractivity contribution in [3.8, 4) is 0 Å². The first kappa shape index (κ1) is 14.2. The van der Waals surface area contributed by atoms with Gasteiger partial charge in [0, 0.05) is 13.2 Å². The van der Waals surface area contributed by atoms with Crippen LogP contribution in [-0.2, 0) is 11.2 Å². The van der Waals surface area contributed by atoms with Gasteiger partial charge in [0.2, 0.25) is 0 Å². The number of ether oxygens (including phenoxy) is 1. The van der Waals surface area contributed by atoms with E-state index in [1.165, 1.54) is 16.7 Å². The van der Waals surface area contributed by atoms with E-state index in [0.717, 1.165) is 26.0 Å². The Morgan fingerprint density at radius 1 is 1.18 bits per heavy atom. The average molecular weight is 235 g/mol. The highest BCUT2D eigenvalue weighted by molar-refractivity contribution is 5.28. The van der Waals surface area contributed by atoms with Gasteiger partial charge >= 0.3 is 0 Å². The molecule has 1 aromatic carbocycles. The molecular weight excluding hydrogens is 210 g/mol. The first-order chi connectivity index (χ1) is 8.15. The molecule has 0 saturated heterocycles. The molecule has 0 aliphatic carbocycles. The van der Waals surface area contributed by atoms with Crippen LogP contribution in [-0.4, -0.2) is 26.3 Å². The van der Waals surface area contributed by atoms with Crippen LogP contribution in [0.15, 0.2) is 18.2 Å². The number of benzene rings is 1. The van der Waals surface area contributed by atoms with Crippen LogP contribution in [0.2, 0.25) is 0 Å². The number of aryl methyl sites for hydroxylation is 3. The van der Waals surface area contributed by atoms with Crippen LogP contribution in [0.5, 0.6) is 0 Å². The number of methoxy groups -OCH3 is 1. The molecular formula is C15H25NO. The van der Waals surface area contributed by atoms with Crippen LogP contribution in [0.25, 0.3) is 0 Å². The summed E-state index contributed by atoms with van der Waals surface area (Å²) >= 11 is 0. The molecule has 1 rings (SSSR count). The summed E-state index contributed by atoms with van der Waals surface area (Å²) in [5, 5.41) is 3.46. The summed E-state index contributed by atoms with van der Waals surface area (Å²) in [5.41, 5.74) is 4.14. The third-order valence-electron chi connectivity index (χ3n) is 2.92. The highest BCUT2D eigenvalue weighted by Gasteiger charge is 2.07. The summed E-state index contributed by atoms with van der Waals surface area (Å²) in [6, 6.07) is 7.25. The summed E-state index contributed by atoms with van der Waals surface area (Å²) in [7, 11) is 1.77. The highest BCUT2D eigenvalue weighted by atomic mass is 16.5. The molecule has 0 bridgehead atoms. The van der Waals surface area contributed by atoms with Gasteiger partial charge in [-0.05, 0) is 38.8 Å². The fourth-order valence-corrected chi connectivity index (χ4v) is 2.29. The first-order valence-corrected chi connectivity index (χ1v) is 6.45. The molecule has 2 nitrogen and oxygen atoms in total. The molecule has 1 N–H and O–H groups in total. The molecule has 2 heteroatoms. The normalized spacial score (nSPS) is 12.7. The van der Waals surface area contributed by atoms with Crippen molar-refractivity contribution < 1.29 is 4.74 Å². The largest absolute Gasteiger partial charge is 0.383 e. The maximum atomic E-state index is 5.23. The van der Waals surface area contributed by atoms with Gasteiger partial charge in [0.25, 0.3) is 0 Å². The summed E-state index contributed by atoms with van der Waals surface area (Å²) in [4.78, 5) is 0. The summed E-state index contributed by atoms with van der Waals surface area (Å²) in [6.07, 6.45) is 2.24. The number of rotatable bonds is 7. The van der Waals surface area contributed by atoms with Crippen LogP contribution in [0, 0.1) is 13.8 Å². The van der Waals surface area contributed by atoms with Crippen LogP contribution in [0.1, 0.15) is 30.0 Å². The fourth-order valence-electron chi connectivity index (χ4n) is 2.29. The van der Waals surface area contributed by atoms with Crippen LogP contribution < -0.4 is 5.32 Å². The molecule has 1 unspecified atom stereocenters. The molecule has 0 heterocycles. The van der Waals surface area contributed by atoms with Gasteiger partial charge < -0.3 is 10.1 Å². The van der Waals surface area contributed by atoms with Crippen molar-refractivity contribution in [2.45, 2.75) is 39.7 Å². The molecule has 17 heavy (non-hydrogen) atoms. The van der Waals surface area contributed by atoms with Crippen LogP contribution in [0.4, 0.5) is 0 Å². The topological polar surface area (TPSA) is 21.3 Å². The maximum Gasteiger partial charge on any atom is 0.0615 e. The molecule has 96 valence electrons. The van der Waals surface area contributed by atoms with Crippen molar-refractivity contribution in [3.05, 3.63) is 34.9 Å². The van der Waals surface area contributed by atoms with Crippen molar-refractivity contribution >= 4 is 0 Å². The molecule has 0 aromatic heterocycles. The summed E-state index contributed by atoms with van der Waals surface area (Å²) in [5.74, 6) is 0. The van der Waals surface area contributed by atoms with E-state index in [4.69, 9.17) is 4.74 Å². The second-order valence-electron chi connectivity index (χ2n) is 4.74. The van der Waals surface area contributed by atoms with Crippen LogP contribution in [0.3, 0.4) is 0 Å². The predicted octanol–water partition coefficient (Wildman–Crippen LogP) is 2.86. The second-order valence-corrected chi connectivity index (χ2v) is 4.74. The zero-order valence-corrected chi connectivity index (χ0v) is 11.5. The zero-order chi connectivity index (χ0) is 12.7. The third kappa shape index (κ3) is 5.33. The van der Waals surface area contributed by atoms with Gasteiger partial charge in [-0.3, -0.25) is 0 Å². The number of nitrogens with one attached hydrogen (secondary N) is 1. The average Bonchev–Trinajstić information content (AvgIpc) is 2.25. The lowest BCUT2D eigenvalue weighted by Gasteiger charge is -2.17. The number of hydrogen-bond acceptors (Lipinski definition) is 2. The van der Waals surface area contributed by atoms with Gasteiger partial charge in [-0.25, -0.2) is 0 Å². The lowest BCUT2D eigenvalue weighted by Crippen LogP contribution is -2.33. The standard InChI is InChI=1S/C15H25NO/c1-5-16-15(11-17-4)7-6-14-9-12(2)8-13(3)10-14/h8-10,15-16H,5-7,11H2,1-4H3. The fraction of sp³-hybridized carbons (Fsp3) is 0.600. The molecule has 0 amide bonds. The van der Waals surface area contributed by atoms with Crippen molar-refractivity contribution in [1.29, 1.82) is 0 Å². The van der Waals surface area contributed by atoms with Crippen molar-refractivity contribution in [2.75, 3.05) is 20.3 Å². The van der Waals surface area contributed by atoms with Crippen LogP contribution >= 0.6 is 0 Å². The molecule has 0 aliphatic rings. The van der Waals surface area contributed by atoms with Gasteiger partial charge in [0.15, 0.2) is 0 Å². The number of hydrogen-bond donors (Lipinski definition) is 1. The first-order valence-electron chi connectivity index (χ1n) is 6.45. The Labute approximate surface area is 105 Å². The van der Waals surface area contributed by atoms with Gasteiger partial charge in [0.05, 0.1) is 6.61 Å². The van der Waals surface area contributed by atoms with E-state index in [1.54, 1.807) is 7.11 Å². The minimum atomic E-state index is 0.464. The van der Waals surface area contributed by atoms with Crippen molar-refractivity contribution in [2.24, 2.45) is 0 Å². The molecule has 0 aliphatic heterocycles. The van der Waals surface area contributed by atoms with Gasteiger partial charge in [-0.2, -0.15) is 0 Å². The molecule has 0 radical (unpaired) electrons. The lowest BCUT2D eigenvalue weighted by atomic mass is 10.0. The predicted molar refractivity (Wildman–Crippen MR) is 73.6 cm³/mol. The van der Waals surface area contributed by atoms with Crippen molar-refractivity contribution in [1.82, 2.24) is 5.32 Å². The number of likely N-dealkylation sites (N-methyl/N-ethyl adjacent to an activating group) is 1. The second kappa shape index (κ2) is 7.46. The highest BCUT2D eigenvalue weighted by Crippen LogP contribution is 2.11. The van der Waals surface area contributed by atoms with E-state index in [-0.39, 0.29) is 0 Å². The summed E-state index contributed by atoms with van der Waals surface area (Å²) < 4.78 is 5.23. The SMILES string of the molecule is CCNC(CCc1cc(C)cc(C)c1)COC. The maximum absolute atomic E-state index is 5.23. The van der Waals surface area contributed by atoms with E-state index in [2.05, 4.69) is 44.3 Å². The monoisotopic (exact) mass is 235 g/mol. The van der Waals surface area contributed by atoms with E-state index >= 15 is 0 Å². The Morgan fingerprint density at radius 3 is 2.35 bits per heavy atom. The lowest BCUT2D eigenvalue weighted by molar-refractivity contribution is 0.163. The Kier molecular flexibility index (Phi) is 6.23. The molecule has 0 fully saturated rings. The van der Waals surface area contributed by atoms with Gasteiger partial charge in [0.1, 0.15) is 0 Å². The Hall–Kier alpha value is -0.860. The van der Waals surface area contributed by atoms with Gasteiger partial charge in [-0.15, -0.1) is 0 Å². The minimum Gasteiger partial charge on any atom is -0.383 e. The molecule has 0 saturated carbocycles. The van der Waals surface area contributed by atoms with Gasteiger partial charge in [-0.1, -0.05) is 36.2 Å². The van der Waals surface area contributed by atoms with E-state index < -0.39 is 0 Å². The minimum absolute atomic E-state index is 0.464. The zero-order valence-electron chi connectivity index (χ0n) is 11.5. The van der Waals surface area contributed by atoms with E-state index in [1.807, 2.05) is 0 Å². The van der Waals surface area contributed by atoms with Crippen molar-refractivity contribution in [3.63, 3.8) is 0 Å². The Bertz CT molecular complexity index is 309. The smallest absolute Gasteiger partial charge is 0.0615 e. The third-order valence-corrected chi connectivity index (χ3v) is 2.92. The quantitative estimate of drug-likeness (QED) is 0.784.